The van der Waals surface area contributed by atoms with Crippen molar-refractivity contribution >= 4 is 17.5 Å². The molecular formula is C24H22N2O3. The third kappa shape index (κ3) is 2.85. The number of ether oxygens (including phenoxy) is 1. The second-order valence-electron chi connectivity index (χ2n) is 7.92. The van der Waals surface area contributed by atoms with E-state index in [-0.39, 0.29) is 23.8 Å². The smallest absolute Gasteiger partial charge is 0.257 e. The average Bonchev–Trinajstić information content (AvgIpc) is 3.31. The molecule has 3 atom stereocenters. The minimum absolute atomic E-state index is 0.00583. The van der Waals surface area contributed by atoms with Gasteiger partial charge in [-0.1, -0.05) is 42.0 Å². The molecule has 1 aliphatic carbocycles. The van der Waals surface area contributed by atoms with Crippen LogP contribution in [0.2, 0.25) is 0 Å². The van der Waals surface area contributed by atoms with E-state index < -0.39 is 6.23 Å². The molecule has 29 heavy (non-hydrogen) atoms. The van der Waals surface area contributed by atoms with E-state index in [4.69, 9.17) is 4.74 Å². The summed E-state index contributed by atoms with van der Waals surface area (Å²) in [4.78, 5) is 26.9. The normalized spacial score (nSPS) is 26.4. The average molecular weight is 386 g/mol. The first kappa shape index (κ1) is 17.7. The van der Waals surface area contributed by atoms with Gasteiger partial charge in [-0.05, 0) is 49.6 Å². The van der Waals surface area contributed by atoms with Gasteiger partial charge in [0.2, 0.25) is 0 Å². The van der Waals surface area contributed by atoms with Crippen LogP contribution in [0.5, 0.6) is 0 Å². The number of rotatable bonds is 3. The Kier molecular flexibility index (Phi) is 4.05. The van der Waals surface area contributed by atoms with Crippen molar-refractivity contribution in [2.45, 2.75) is 38.5 Å². The number of benzene rings is 2. The maximum atomic E-state index is 12.7. The fraction of sp³-hybridized carbons (Fsp3) is 0.250. The molecule has 3 unspecified atom stereocenters. The molecule has 2 aromatic rings. The Labute approximate surface area is 169 Å². The number of hydrogen-bond donors (Lipinski definition) is 1. The molecule has 2 amide bonds. The van der Waals surface area contributed by atoms with E-state index >= 15 is 0 Å². The lowest BCUT2D eigenvalue weighted by Crippen LogP contribution is -2.35. The zero-order chi connectivity index (χ0) is 20.1. The highest BCUT2D eigenvalue weighted by molar-refractivity contribution is 6.08. The second kappa shape index (κ2) is 6.62. The van der Waals surface area contributed by atoms with Crippen LogP contribution in [0.4, 0.5) is 5.69 Å². The summed E-state index contributed by atoms with van der Waals surface area (Å²) in [5, 5.41) is 3.07. The molecule has 1 fully saturated rings. The molecule has 3 aliphatic rings. The van der Waals surface area contributed by atoms with Crippen LogP contribution in [0.3, 0.4) is 0 Å². The number of fused-ring (bicyclic) bond motifs is 3. The molecule has 0 saturated carbocycles. The number of nitrogens with one attached hydrogen (secondary N) is 1. The van der Waals surface area contributed by atoms with Crippen LogP contribution in [0.25, 0.3) is 0 Å². The van der Waals surface area contributed by atoms with Gasteiger partial charge in [0.1, 0.15) is 0 Å². The van der Waals surface area contributed by atoms with Gasteiger partial charge < -0.3 is 10.1 Å². The van der Waals surface area contributed by atoms with E-state index in [1.165, 1.54) is 11.1 Å². The SMILES string of the molecule is CC1=CC(O/C=C2/C(=O)NC3Cc4ccccc4C23)N(c2ccc(C)cc2)C1=O. The van der Waals surface area contributed by atoms with Gasteiger partial charge in [0.15, 0.2) is 6.23 Å². The summed E-state index contributed by atoms with van der Waals surface area (Å²) < 4.78 is 6.02. The first-order chi connectivity index (χ1) is 14.0. The van der Waals surface area contributed by atoms with Crippen molar-refractivity contribution in [3.05, 3.63) is 88.7 Å². The van der Waals surface area contributed by atoms with Crippen LogP contribution >= 0.6 is 0 Å². The summed E-state index contributed by atoms with van der Waals surface area (Å²) in [6, 6.07) is 16.1. The lowest BCUT2D eigenvalue weighted by atomic mass is 9.94. The van der Waals surface area contributed by atoms with Gasteiger partial charge in [0.05, 0.1) is 11.8 Å². The van der Waals surface area contributed by atoms with Gasteiger partial charge in [0.25, 0.3) is 11.8 Å². The number of anilines is 1. The summed E-state index contributed by atoms with van der Waals surface area (Å²) in [6.07, 6.45) is 3.62. The summed E-state index contributed by atoms with van der Waals surface area (Å²) in [6.45, 7) is 3.79. The van der Waals surface area contributed by atoms with Gasteiger partial charge in [-0.15, -0.1) is 0 Å². The minimum atomic E-state index is -0.568. The molecule has 5 heteroatoms. The topological polar surface area (TPSA) is 58.6 Å². The Morgan fingerprint density at radius 1 is 1.07 bits per heavy atom. The molecule has 0 bridgehead atoms. The highest BCUT2D eigenvalue weighted by atomic mass is 16.5. The number of nitrogens with zero attached hydrogens (tertiary/aromatic N) is 1. The van der Waals surface area contributed by atoms with Crippen LogP contribution < -0.4 is 10.2 Å². The molecular weight excluding hydrogens is 364 g/mol. The summed E-state index contributed by atoms with van der Waals surface area (Å²) in [5.74, 6) is -0.188. The van der Waals surface area contributed by atoms with Gasteiger partial charge in [0, 0.05) is 23.2 Å². The minimum Gasteiger partial charge on any atom is -0.474 e. The maximum Gasteiger partial charge on any atom is 0.257 e. The molecule has 5 nitrogen and oxygen atoms in total. The maximum absolute atomic E-state index is 12.7. The predicted molar refractivity (Wildman–Crippen MR) is 110 cm³/mol. The van der Waals surface area contributed by atoms with Crippen LogP contribution in [-0.4, -0.2) is 24.1 Å². The first-order valence-corrected chi connectivity index (χ1v) is 9.86. The monoisotopic (exact) mass is 386 g/mol. The van der Waals surface area contributed by atoms with Crippen molar-refractivity contribution < 1.29 is 14.3 Å². The molecule has 2 aromatic carbocycles. The number of hydrogen-bond acceptors (Lipinski definition) is 3. The second-order valence-corrected chi connectivity index (χ2v) is 7.92. The first-order valence-electron chi connectivity index (χ1n) is 9.86. The van der Waals surface area contributed by atoms with Crippen LogP contribution in [0.15, 0.2) is 72.0 Å². The molecule has 0 spiro atoms. The fourth-order valence-electron chi connectivity index (χ4n) is 4.51. The van der Waals surface area contributed by atoms with Gasteiger partial charge >= 0.3 is 0 Å². The van der Waals surface area contributed by atoms with E-state index in [1.807, 2.05) is 43.3 Å². The summed E-state index contributed by atoms with van der Waals surface area (Å²) in [5.41, 5.74) is 5.59. The molecule has 0 aromatic heterocycles. The van der Waals surface area contributed by atoms with Crippen molar-refractivity contribution in [1.29, 1.82) is 0 Å². The highest BCUT2D eigenvalue weighted by Gasteiger charge is 2.44. The van der Waals surface area contributed by atoms with Gasteiger partial charge in [-0.2, -0.15) is 0 Å². The van der Waals surface area contributed by atoms with Crippen molar-refractivity contribution in [1.82, 2.24) is 5.32 Å². The van der Waals surface area contributed by atoms with Gasteiger partial charge in [-0.3, -0.25) is 14.5 Å². The molecule has 1 N–H and O–H groups in total. The Morgan fingerprint density at radius 3 is 2.62 bits per heavy atom. The molecule has 5 rings (SSSR count). The molecule has 146 valence electrons. The van der Waals surface area contributed by atoms with Crippen molar-refractivity contribution in [2.75, 3.05) is 4.90 Å². The lowest BCUT2D eigenvalue weighted by Gasteiger charge is -2.24. The molecule has 2 heterocycles. The van der Waals surface area contributed by atoms with E-state index in [9.17, 15) is 9.59 Å². The Morgan fingerprint density at radius 2 is 1.83 bits per heavy atom. The lowest BCUT2D eigenvalue weighted by molar-refractivity contribution is -0.116. The molecule has 2 aliphatic heterocycles. The molecule has 0 radical (unpaired) electrons. The van der Waals surface area contributed by atoms with Crippen LogP contribution in [0, 0.1) is 6.92 Å². The third-order valence-corrected chi connectivity index (χ3v) is 6.00. The number of aryl methyl sites for hydroxylation is 1. The van der Waals surface area contributed by atoms with Crippen LogP contribution in [-0.2, 0) is 20.7 Å². The standard InChI is InChI=1S/C24H22N2O3/c1-14-7-9-17(10-8-14)26-21(11-15(2)24(26)28)29-13-19-22-18-6-4-3-5-16(18)12-20(22)25-23(19)27/h3-11,13,20-22H,12H2,1-2H3,(H,25,27)/b19-13+. The van der Waals surface area contributed by atoms with Crippen molar-refractivity contribution in [3.63, 3.8) is 0 Å². The highest BCUT2D eigenvalue weighted by Crippen LogP contribution is 2.42. The third-order valence-electron chi connectivity index (χ3n) is 6.00. The zero-order valence-corrected chi connectivity index (χ0v) is 16.4. The largest absolute Gasteiger partial charge is 0.474 e. The number of carbonyl (C=O) groups excluding carboxylic acids is 2. The van der Waals surface area contributed by atoms with Crippen molar-refractivity contribution in [2.24, 2.45) is 0 Å². The number of amides is 2. The quantitative estimate of drug-likeness (QED) is 0.650. The van der Waals surface area contributed by atoms with E-state index in [0.29, 0.717) is 11.1 Å². The molecule has 1 saturated heterocycles. The van der Waals surface area contributed by atoms with E-state index in [1.54, 1.807) is 24.2 Å². The van der Waals surface area contributed by atoms with Crippen molar-refractivity contribution in [3.8, 4) is 0 Å². The predicted octanol–water partition coefficient (Wildman–Crippen LogP) is 3.35. The summed E-state index contributed by atoms with van der Waals surface area (Å²) >= 11 is 0. The summed E-state index contributed by atoms with van der Waals surface area (Å²) in [7, 11) is 0. The Bertz CT molecular complexity index is 1070. The van der Waals surface area contributed by atoms with E-state index in [2.05, 4.69) is 17.4 Å². The fourth-order valence-corrected chi connectivity index (χ4v) is 4.51. The Balaban J connectivity index is 1.44. The van der Waals surface area contributed by atoms with Crippen LogP contribution in [0.1, 0.15) is 29.5 Å². The Hall–Kier alpha value is -3.34. The van der Waals surface area contributed by atoms with Gasteiger partial charge in [-0.25, -0.2) is 0 Å². The number of carbonyl (C=O) groups is 2. The zero-order valence-electron chi connectivity index (χ0n) is 16.4. The van der Waals surface area contributed by atoms with E-state index in [0.717, 1.165) is 17.7 Å².